The number of methoxy groups -OCH3 is 1. The number of carboxylic acids is 2. The molecule has 9 nitrogen and oxygen atoms in total. The highest BCUT2D eigenvalue weighted by molar-refractivity contribution is 6.27. The maximum absolute atomic E-state index is 11.7. The van der Waals surface area contributed by atoms with Crippen LogP contribution in [0.4, 0.5) is 0 Å². The summed E-state index contributed by atoms with van der Waals surface area (Å²) in [7, 11) is 1.37. The molecule has 1 atom stereocenters. The Morgan fingerprint density at radius 2 is 1.65 bits per heavy atom. The van der Waals surface area contributed by atoms with Crippen molar-refractivity contribution in [1.29, 1.82) is 0 Å². The maximum Gasteiger partial charge on any atom is 0.414 e. The third kappa shape index (κ3) is 8.71. The van der Waals surface area contributed by atoms with E-state index in [1.54, 1.807) is 18.3 Å². The number of ether oxygens (including phenoxy) is 2. The summed E-state index contributed by atoms with van der Waals surface area (Å²) >= 11 is 0. The van der Waals surface area contributed by atoms with Crippen molar-refractivity contribution in [3.63, 3.8) is 0 Å². The Kier molecular flexibility index (Phi) is 10.2. The van der Waals surface area contributed by atoms with Gasteiger partial charge in [-0.2, -0.15) is 0 Å². The number of pyridine rings is 1. The molecule has 0 saturated carbocycles. The van der Waals surface area contributed by atoms with Crippen LogP contribution in [0.25, 0.3) is 11.1 Å². The van der Waals surface area contributed by atoms with Crippen LogP contribution in [0.5, 0.6) is 5.75 Å². The van der Waals surface area contributed by atoms with Crippen LogP contribution in [-0.2, 0) is 20.7 Å². The lowest BCUT2D eigenvalue weighted by Crippen LogP contribution is -2.18. The lowest BCUT2D eigenvalue weighted by molar-refractivity contribution is -0.159. The molecule has 0 fully saturated rings. The molecule has 0 unspecified atom stereocenters. The van der Waals surface area contributed by atoms with Gasteiger partial charge in [0.05, 0.1) is 18.8 Å². The number of aryl methyl sites for hydroxylation is 1. The second-order valence-corrected chi connectivity index (χ2v) is 7.07. The molecule has 0 aliphatic rings. The van der Waals surface area contributed by atoms with Crippen LogP contribution in [0.3, 0.4) is 0 Å². The minimum Gasteiger partial charge on any atom is -0.491 e. The standard InChI is InChI=1S/C23H23NO4.C2H2O4/c1-27-23(26)20-6-2-5-19(14-20)18-8-11-22(12-9-18)28-16-21(25)10-7-17-4-3-13-24-15-17;3-1(4)2(5)6/h2-6,8-9,11-15,21,25H,7,10,16H2,1H3;(H,3,4)(H,5,6)/t21-;/m1./s1. The van der Waals surface area contributed by atoms with Gasteiger partial charge in [0.2, 0.25) is 0 Å². The van der Waals surface area contributed by atoms with Gasteiger partial charge in [0.25, 0.3) is 0 Å². The molecule has 9 heteroatoms. The molecule has 3 rings (SSSR count). The van der Waals surface area contributed by atoms with Crippen LogP contribution >= 0.6 is 0 Å². The topological polar surface area (TPSA) is 143 Å². The van der Waals surface area contributed by atoms with E-state index in [0.29, 0.717) is 17.7 Å². The lowest BCUT2D eigenvalue weighted by atomic mass is 10.0. The van der Waals surface area contributed by atoms with E-state index in [2.05, 4.69) is 4.98 Å². The second-order valence-electron chi connectivity index (χ2n) is 7.07. The molecule has 178 valence electrons. The Bertz CT molecular complexity index is 1070. The molecule has 0 radical (unpaired) electrons. The Morgan fingerprint density at radius 1 is 0.941 bits per heavy atom. The molecule has 0 saturated heterocycles. The van der Waals surface area contributed by atoms with Crippen LogP contribution in [0, 0.1) is 0 Å². The second kappa shape index (κ2) is 13.3. The highest BCUT2D eigenvalue weighted by Crippen LogP contribution is 2.24. The normalized spacial score (nSPS) is 10.9. The van der Waals surface area contributed by atoms with Crippen LogP contribution < -0.4 is 4.74 Å². The molecule has 3 aromatic rings. The Balaban J connectivity index is 0.000000604. The van der Waals surface area contributed by atoms with E-state index >= 15 is 0 Å². The number of carboxylic acid groups (broad SMARTS) is 2. The average molecular weight is 467 g/mol. The van der Waals surface area contributed by atoms with Crippen molar-refractivity contribution in [2.24, 2.45) is 0 Å². The summed E-state index contributed by atoms with van der Waals surface area (Å²) in [4.78, 5) is 33.9. The SMILES string of the molecule is COC(=O)c1cccc(-c2ccc(OC[C@H](O)CCc3cccnc3)cc2)c1.O=C(O)C(=O)O. The molecular weight excluding hydrogens is 442 g/mol. The van der Waals surface area contributed by atoms with Gasteiger partial charge in [-0.05, 0) is 59.9 Å². The van der Waals surface area contributed by atoms with Gasteiger partial charge in [0.1, 0.15) is 12.4 Å². The number of esters is 1. The van der Waals surface area contributed by atoms with E-state index in [-0.39, 0.29) is 12.6 Å². The molecule has 3 N–H and O–H groups in total. The van der Waals surface area contributed by atoms with Gasteiger partial charge < -0.3 is 24.8 Å². The van der Waals surface area contributed by atoms with Gasteiger partial charge in [0, 0.05) is 12.4 Å². The minimum atomic E-state index is -1.82. The van der Waals surface area contributed by atoms with E-state index in [9.17, 15) is 9.90 Å². The molecule has 1 heterocycles. The fourth-order valence-electron chi connectivity index (χ4n) is 2.84. The molecule has 34 heavy (non-hydrogen) atoms. The fourth-order valence-corrected chi connectivity index (χ4v) is 2.84. The first-order valence-corrected chi connectivity index (χ1v) is 10.2. The number of aromatic nitrogens is 1. The number of nitrogens with zero attached hydrogens (tertiary/aromatic N) is 1. The minimum absolute atomic E-state index is 0.234. The number of benzene rings is 2. The molecule has 0 aliphatic heterocycles. The zero-order chi connectivity index (χ0) is 24.9. The summed E-state index contributed by atoms with van der Waals surface area (Å²) < 4.78 is 10.4. The number of carbonyl (C=O) groups is 3. The van der Waals surface area contributed by atoms with Crippen LogP contribution in [-0.4, -0.2) is 58.0 Å². The third-order valence-corrected chi connectivity index (χ3v) is 4.59. The number of rotatable bonds is 8. The van der Waals surface area contributed by atoms with Gasteiger partial charge in [-0.25, -0.2) is 14.4 Å². The zero-order valence-corrected chi connectivity index (χ0v) is 18.5. The van der Waals surface area contributed by atoms with Gasteiger partial charge >= 0.3 is 17.9 Å². The Morgan fingerprint density at radius 3 is 2.24 bits per heavy atom. The van der Waals surface area contributed by atoms with E-state index in [1.807, 2.05) is 54.7 Å². The predicted molar refractivity (Wildman–Crippen MR) is 123 cm³/mol. The molecule has 0 bridgehead atoms. The first kappa shape index (κ1) is 26.0. The third-order valence-electron chi connectivity index (χ3n) is 4.59. The number of aliphatic hydroxyl groups is 1. The summed E-state index contributed by atoms with van der Waals surface area (Å²) in [5, 5.41) is 24.9. The molecule has 0 spiro atoms. The summed E-state index contributed by atoms with van der Waals surface area (Å²) in [5.74, 6) is -3.32. The highest BCUT2D eigenvalue weighted by atomic mass is 16.5. The van der Waals surface area contributed by atoms with Gasteiger partial charge in [-0.1, -0.05) is 30.3 Å². The summed E-state index contributed by atoms with van der Waals surface area (Å²) in [6, 6.07) is 18.7. The van der Waals surface area contributed by atoms with Crippen molar-refractivity contribution in [3.8, 4) is 16.9 Å². The van der Waals surface area contributed by atoms with Crippen molar-refractivity contribution in [1.82, 2.24) is 4.98 Å². The van der Waals surface area contributed by atoms with Crippen molar-refractivity contribution in [2.45, 2.75) is 18.9 Å². The van der Waals surface area contributed by atoms with Gasteiger partial charge in [0.15, 0.2) is 0 Å². The zero-order valence-electron chi connectivity index (χ0n) is 18.5. The predicted octanol–water partition coefficient (Wildman–Crippen LogP) is 3.06. The number of carbonyl (C=O) groups excluding carboxylic acids is 1. The highest BCUT2D eigenvalue weighted by Gasteiger charge is 2.09. The van der Waals surface area contributed by atoms with E-state index in [0.717, 1.165) is 23.1 Å². The Hall–Kier alpha value is -4.24. The van der Waals surface area contributed by atoms with Gasteiger partial charge in [-0.3, -0.25) is 4.98 Å². The van der Waals surface area contributed by atoms with E-state index in [4.69, 9.17) is 29.3 Å². The number of hydrogen-bond acceptors (Lipinski definition) is 7. The molecule has 2 aromatic carbocycles. The van der Waals surface area contributed by atoms with Crippen LogP contribution in [0.15, 0.2) is 73.1 Å². The Labute approximate surface area is 196 Å². The van der Waals surface area contributed by atoms with Gasteiger partial charge in [-0.15, -0.1) is 0 Å². The number of hydrogen-bond donors (Lipinski definition) is 3. The summed E-state index contributed by atoms with van der Waals surface area (Å²) in [5.41, 5.74) is 3.50. The molecule has 0 amide bonds. The number of aliphatic hydroxyl groups excluding tert-OH is 1. The monoisotopic (exact) mass is 467 g/mol. The molecule has 1 aromatic heterocycles. The van der Waals surface area contributed by atoms with Crippen molar-refractivity contribution < 1.29 is 39.2 Å². The van der Waals surface area contributed by atoms with Crippen molar-refractivity contribution in [3.05, 3.63) is 84.2 Å². The maximum atomic E-state index is 11.7. The van der Waals surface area contributed by atoms with Crippen molar-refractivity contribution in [2.75, 3.05) is 13.7 Å². The van der Waals surface area contributed by atoms with Crippen LogP contribution in [0.2, 0.25) is 0 Å². The largest absolute Gasteiger partial charge is 0.491 e. The molecular formula is C25H25NO8. The fraction of sp³-hybridized carbons (Fsp3) is 0.200. The van der Waals surface area contributed by atoms with E-state index in [1.165, 1.54) is 7.11 Å². The smallest absolute Gasteiger partial charge is 0.414 e. The van der Waals surface area contributed by atoms with Crippen molar-refractivity contribution >= 4 is 17.9 Å². The summed E-state index contributed by atoms with van der Waals surface area (Å²) in [6.45, 7) is 0.234. The average Bonchev–Trinajstić information content (AvgIpc) is 2.87. The number of aliphatic carboxylic acids is 2. The summed E-state index contributed by atoms with van der Waals surface area (Å²) in [6.07, 6.45) is 4.37. The lowest BCUT2D eigenvalue weighted by Gasteiger charge is -2.13. The quantitative estimate of drug-likeness (QED) is 0.336. The van der Waals surface area contributed by atoms with E-state index < -0.39 is 18.0 Å². The molecule has 0 aliphatic carbocycles. The first-order valence-electron chi connectivity index (χ1n) is 10.2. The van der Waals surface area contributed by atoms with Crippen LogP contribution in [0.1, 0.15) is 22.3 Å². The first-order chi connectivity index (χ1) is 16.3.